The Morgan fingerprint density at radius 1 is 1.08 bits per heavy atom. The minimum absolute atomic E-state index is 0.286. The van der Waals surface area contributed by atoms with Crippen molar-refractivity contribution in [1.82, 2.24) is 9.55 Å². The topological polar surface area (TPSA) is 64.0 Å². The lowest BCUT2D eigenvalue weighted by Crippen LogP contribution is -2.14. The van der Waals surface area contributed by atoms with E-state index < -0.39 is 10.0 Å². The first kappa shape index (κ1) is 16.5. The molecule has 126 valence electrons. The number of anilines is 1. The molecule has 3 rings (SSSR count). The monoisotopic (exact) mass is 343 g/mol. The van der Waals surface area contributed by atoms with Gasteiger partial charge in [-0.2, -0.15) is 0 Å². The Labute approximate surface area is 142 Å². The summed E-state index contributed by atoms with van der Waals surface area (Å²) in [5.74, 6) is 0.916. The van der Waals surface area contributed by atoms with E-state index in [0.717, 1.165) is 16.9 Å². The van der Waals surface area contributed by atoms with Gasteiger partial charge in [-0.05, 0) is 57.5 Å². The van der Waals surface area contributed by atoms with Crippen molar-refractivity contribution in [3.63, 3.8) is 0 Å². The van der Waals surface area contributed by atoms with Crippen molar-refractivity contribution >= 4 is 26.7 Å². The van der Waals surface area contributed by atoms with Crippen LogP contribution in [0.2, 0.25) is 0 Å². The van der Waals surface area contributed by atoms with Crippen molar-refractivity contribution in [2.45, 2.75) is 38.6 Å². The SMILES string of the molecule is Cc1ccccc1S(=O)(=O)Nc1ccc2c(c1)nc(C)n2C(C)C. The number of nitrogens with zero attached hydrogens (tertiary/aromatic N) is 2. The first-order chi connectivity index (χ1) is 11.3. The van der Waals surface area contributed by atoms with Gasteiger partial charge in [0.25, 0.3) is 10.0 Å². The molecule has 0 radical (unpaired) electrons. The number of aryl methyl sites for hydroxylation is 2. The second-order valence-electron chi connectivity index (χ2n) is 6.20. The Hall–Kier alpha value is -2.34. The summed E-state index contributed by atoms with van der Waals surface area (Å²) in [4.78, 5) is 4.83. The molecule has 0 unspecified atom stereocenters. The second kappa shape index (κ2) is 5.94. The summed E-state index contributed by atoms with van der Waals surface area (Å²) in [5.41, 5.74) is 3.01. The molecular formula is C18H21N3O2S. The van der Waals surface area contributed by atoms with E-state index in [1.165, 1.54) is 0 Å². The summed E-state index contributed by atoms with van der Waals surface area (Å²) in [6, 6.07) is 12.7. The van der Waals surface area contributed by atoms with Crippen LogP contribution in [-0.2, 0) is 10.0 Å². The summed E-state index contributed by atoms with van der Waals surface area (Å²) >= 11 is 0. The minimum atomic E-state index is -3.62. The third kappa shape index (κ3) is 2.89. The molecule has 0 aliphatic carbocycles. The average Bonchev–Trinajstić information content (AvgIpc) is 2.82. The van der Waals surface area contributed by atoms with Crippen LogP contribution in [0.15, 0.2) is 47.4 Å². The van der Waals surface area contributed by atoms with Gasteiger partial charge in [0.05, 0.1) is 21.6 Å². The van der Waals surface area contributed by atoms with Crippen LogP contribution in [0.1, 0.15) is 31.3 Å². The molecular weight excluding hydrogens is 322 g/mol. The number of hydrogen-bond acceptors (Lipinski definition) is 3. The van der Waals surface area contributed by atoms with Crippen LogP contribution in [0.3, 0.4) is 0 Å². The lowest BCUT2D eigenvalue weighted by atomic mass is 10.2. The molecule has 3 aromatic rings. The van der Waals surface area contributed by atoms with Gasteiger partial charge in [0, 0.05) is 6.04 Å². The smallest absolute Gasteiger partial charge is 0.262 e. The molecule has 6 heteroatoms. The van der Waals surface area contributed by atoms with Crippen molar-refractivity contribution in [2.24, 2.45) is 0 Å². The fraction of sp³-hybridized carbons (Fsp3) is 0.278. The van der Waals surface area contributed by atoms with Crippen molar-refractivity contribution in [3.8, 4) is 0 Å². The lowest BCUT2D eigenvalue weighted by Gasteiger charge is -2.12. The van der Waals surface area contributed by atoms with Crippen LogP contribution in [0.5, 0.6) is 0 Å². The average molecular weight is 343 g/mol. The van der Waals surface area contributed by atoms with Crippen molar-refractivity contribution < 1.29 is 8.42 Å². The molecule has 1 N–H and O–H groups in total. The van der Waals surface area contributed by atoms with Crippen LogP contribution in [0.25, 0.3) is 11.0 Å². The largest absolute Gasteiger partial charge is 0.326 e. The number of aromatic nitrogens is 2. The maximum absolute atomic E-state index is 12.6. The van der Waals surface area contributed by atoms with Crippen LogP contribution in [0.4, 0.5) is 5.69 Å². The van der Waals surface area contributed by atoms with Crippen LogP contribution in [-0.4, -0.2) is 18.0 Å². The fourth-order valence-electron chi connectivity index (χ4n) is 3.00. The number of imidazole rings is 1. The van der Waals surface area contributed by atoms with Crippen LogP contribution < -0.4 is 4.72 Å². The molecule has 0 bridgehead atoms. The zero-order valence-electron chi connectivity index (χ0n) is 14.2. The van der Waals surface area contributed by atoms with Gasteiger partial charge in [0.15, 0.2) is 0 Å². The highest BCUT2D eigenvalue weighted by Gasteiger charge is 2.17. The van der Waals surface area contributed by atoms with Crippen LogP contribution >= 0.6 is 0 Å². The third-order valence-electron chi connectivity index (χ3n) is 4.02. The van der Waals surface area contributed by atoms with Gasteiger partial charge in [-0.1, -0.05) is 18.2 Å². The Kier molecular flexibility index (Phi) is 4.09. The lowest BCUT2D eigenvalue weighted by molar-refractivity contribution is 0.599. The van der Waals surface area contributed by atoms with Gasteiger partial charge in [-0.25, -0.2) is 13.4 Å². The molecule has 5 nitrogen and oxygen atoms in total. The van der Waals surface area contributed by atoms with E-state index in [1.54, 1.807) is 37.3 Å². The van der Waals surface area contributed by atoms with Gasteiger partial charge in [0.1, 0.15) is 5.82 Å². The number of fused-ring (bicyclic) bond motifs is 1. The molecule has 24 heavy (non-hydrogen) atoms. The number of nitrogens with one attached hydrogen (secondary N) is 1. The molecule has 0 spiro atoms. The third-order valence-corrected chi connectivity index (χ3v) is 5.56. The summed E-state index contributed by atoms with van der Waals surface area (Å²) in [6.45, 7) is 7.94. The number of rotatable bonds is 4. The Bertz CT molecular complexity index is 1000. The normalized spacial score (nSPS) is 12.0. The van der Waals surface area contributed by atoms with Gasteiger partial charge in [-0.3, -0.25) is 4.72 Å². The zero-order chi connectivity index (χ0) is 17.5. The molecule has 0 aliphatic rings. The van der Waals surface area contributed by atoms with Crippen LogP contribution in [0, 0.1) is 13.8 Å². The molecule has 2 aromatic carbocycles. The number of benzene rings is 2. The quantitative estimate of drug-likeness (QED) is 0.778. The fourth-order valence-corrected chi connectivity index (χ4v) is 4.30. The highest BCUT2D eigenvalue weighted by Crippen LogP contribution is 2.25. The molecule has 0 atom stereocenters. The van der Waals surface area contributed by atoms with Crippen molar-refractivity contribution in [2.75, 3.05) is 4.72 Å². The van der Waals surface area contributed by atoms with Crippen molar-refractivity contribution in [1.29, 1.82) is 0 Å². The predicted octanol–water partition coefficient (Wildman–Crippen LogP) is 4.03. The van der Waals surface area contributed by atoms with E-state index in [2.05, 4.69) is 28.1 Å². The summed E-state index contributed by atoms with van der Waals surface area (Å²) in [6.07, 6.45) is 0. The molecule has 0 fully saturated rings. The van der Waals surface area contributed by atoms with E-state index in [-0.39, 0.29) is 4.90 Å². The van der Waals surface area contributed by atoms with Gasteiger partial charge < -0.3 is 4.57 Å². The van der Waals surface area contributed by atoms with E-state index in [0.29, 0.717) is 17.3 Å². The standard InChI is InChI=1S/C18H21N3O2S/c1-12(2)21-14(4)19-16-11-15(9-10-17(16)21)20-24(22,23)18-8-6-5-7-13(18)3/h5-12,20H,1-4H3. The van der Waals surface area contributed by atoms with E-state index in [4.69, 9.17) is 0 Å². The Morgan fingerprint density at radius 3 is 2.46 bits per heavy atom. The number of sulfonamides is 1. The molecule has 1 heterocycles. The highest BCUT2D eigenvalue weighted by atomic mass is 32.2. The first-order valence-corrected chi connectivity index (χ1v) is 9.35. The Balaban J connectivity index is 2.01. The van der Waals surface area contributed by atoms with Gasteiger partial charge in [0.2, 0.25) is 0 Å². The summed E-state index contributed by atoms with van der Waals surface area (Å²) in [5, 5.41) is 0. The molecule has 0 aliphatic heterocycles. The van der Waals surface area contributed by atoms with Gasteiger partial charge >= 0.3 is 0 Å². The predicted molar refractivity (Wildman–Crippen MR) is 96.8 cm³/mol. The molecule has 1 aromatic heterocycles. The van der Waals surface area contributed by atoms with Gasteiger partial charge in [-0.15, -0.1) is 0 Å². The van der Waals surface area contributed by atoms with Crippen molar-refractivity contribution in [3.05, 3.63) is 53.9 Å². The highest BCUT2D eigenvalue weighted by molar-refractivity contribution is 7.92. The molecule has 0 saturated carbocycles. The first-order valence-electron chi connectivity index (χ1n) is 7.86. The molecule has 0 saturated heterocycles. The molecule has 0 amide bonds. The van der Waals surface area contributed by atoms with E-state index >= 15 is 0 Å². The van der Waals surface area contributed by atoms with E-state index in [1.807, 2.05) is 19.1 Å². The summed E-state index contributed by atoms with van der Waals surface area (Å²) < 4.78 is 30.0. The summed E-state index contributed by atoms with van der Waals surface area (Å²) in [7, 11) is -3.62. The zero-order valence-corrected chi connectivity index (χ0v) is 15.1. The minimum Gasteiger partial charge on any atom is -0.326 e. The maximum atomic E-state index is 12.6. The number of hydrogen-bond donors (Lipinski definition) is 1. The maximum Gasteiger partial charge on any atom is 0.262 e. The van der Waals surface area contributed by atoms with E-state index in [9.17, 15) is 8.42 Å². The Morgan fingerprint density at radius 2 is 1.79 bits per heavy atom. The second-order valence-corrected chi connectivity index (χ2v) is 7.85.